The zero-order valence-electron chi connectivity index (χ0n) is 21.3. The second kappa shape index (κ2) is 6.57. The molecule has 0 spiro atoms. The monoisotopic (exact) mass is 481 g/mol. The predicted octanol–water partition coefficient (Wildman–Crippen LogP) is 10.3. The average molecular weight is 482 g/mol. The molecule has 2 heteroatoms. The molecule has 3 aromatic heterocycles. The normalized spacial score (nSPS) is 13.1. The van der Waals surface area contributed by atoms with Crippen LogP contribution in [0.5, 0.6) is 0 Å². The van der Waals surface area contributed by atoms with Gasteiger partial charge in [0.25, 0.3) is 0 Å². The first kappa shape index (κ1) is 20.6. The van der Waals surface area contributed by atoms with Crippen molar-refractivity contribution in [1.29, 1.82) is 0 Å². The van der Waals surface area contributed by atoms with Gasteiger partial charge in [-0.25, -0.2) is 0 Å². The average Bonchev–Trinajstić information content (AvgIpc) is 3.45. The summed E-state index contributed by atoms with van der Waals surface area (Å²) in [6.45, 7) is 11.3. The first-order chi connectivity index (χ1) is 17.3. The summed E-state index contributed by atoms with van der Waals surface area (Å²) in [6.07, 6.45) is 0. The summed E-state index contributed by atoms with van der Waals surface area (Å²) in [5.74, 6) is 0. The van der Waals surface area contributed by atoms with Gasteiger partial charge in [-0.2, -0.15) is 0 Å². The van der Waals surface area contributed by atoms with Crippen molar-refractivity contribution in [3.05, 3.63) is 89.5 Å². The maximum atomic E-state index is 2.52. The van der Waals surface area contributed by atoms with Crippen molar-refractivity contribution >= 4 is 80.4 Å². The van der Waals surface area contributed by atoms with Crippen LogP contribution < -0.4 is 0 Å². The number of aromatic nitrogens is 1. The molecule has 0 aliphatic carbocycles. The lowest BCUT2D eigenvalue weighted by Gasteiger charge is -2.19. The van der Waals surface area contributed by atoms with Gasteiger partial charge in [-0.1, -0.05) is 45.0 Å². The van der Waals surface area contributed by atoms with Gasteiger partial charge in [0.15, 0.2) is 0 Å². The van der Waals surface area contributed by atoms with Crippen molar-refractivity contribution < 1.29 is 0 Å². The first-order valence-electron chi connectivity index (χ1n) is 12.8. The summed E-state index contributed by atoms with van der Waals surface area (Å²) in [4.78, 5) is 0. The van der Waals surface area contributed by atoms with Crippen LogP contribution in [0.2, 0.25) is 0 Å². The molecule has 174 valence electrons. The highest BCUT2D eigenvalue weighted by molar-refractivity contribution is 7.25. The van der Waals surface area contributed by atoms with Crippen LogP contribution in [0.1, 0.15) is 37.5 Å². The fraction of sp³-hybridized carbons (Fsp3) is 0.176. The second-order valence-corrected chi connectivity index (χ2v) is 12.8. The van der Waals surface area contributed by atoms with Crippen molar-refractivity contribution in [2.45, 2.75) is 40.0 Å². The Bertz CT molecular complexity index is 2200. The van der Waals surface area contributed by atoms with E-state index in [1.54, 1.807) is 0 Å². The third kappa shape index (κ3) is 2.60. The van der Waals surface area contributed by atoms with E-state index in [0.717, 1.165) is 0 Å². The lowest BCUT2D eigenvalue weighted by atomic mass is 9.85. The van der Waals surface area contributed by atoms with Gasteiger partial charge in [0.2, 0.25) is 0 Å². The number of nitrogens with zero attached hydrogens (tertiary/aromatic N) is 1. The zero-order chi connectivity index (χ0) is 24.5. The summed E-state index contributed by atoms with van der Waals surface area (Å²) in [5, 5.41) is 10.8. The van der Waals surface area contributed by atoms with E-state index in [2.05, 4.69) is 112 Å². The topological polar surface area (TPSA) is 4.41 Å². The third-order valence-electron chi connectivity index (χ3n) is 8.12. The highest BCUT2D eigenvalue weighted by Gasteiger charge is 2.23. The molecule has 0 aliphatic heterocycles. The van der Waals surface area contributed by atoms with Gasteiger partial charge in [-0.3, -0.25) is 0 Å². The second-order valence-electron chi connectivity index (χ2n) is 11.7. The minimum atomic E-state index is 0.0866. The van der Waals surface area contributed by atoms with Crippen LogP contribution in [-0.4, -0.2) is 4.40 Å². The van der Waals surface area contributed by atoms with Crippen LogP contribution in [0.25, 0.3) is 69.0 Å². The molecule has 0 aliphatic rings. The largest absolute Gasteiger partial charge is 0.308 e. The van der Waals surface area contributed by atoms with E-state index in [1.165, 1.54) is 85.7 Å². The Labute approximate surface area is 213 Å². The Balaban J connectivity index is 1.58. The molecule has 36 heavy (non-hydrogen) atoms. The molecule has 0 amide bonds. The number of hydrogen-bond donors (Lipinski definition) is 0. The molecule has 8 rings (SSSR count). The van der Waals surface area contributed by atoms with Crippen molar-refractivity contribution in [1.82, 2.24) is 4.40 Å². The van der Waals surface area contributed by atoms with Crippen LogP contribution in [0.3, 0.4) is 0 Å². The molecule has 0 atom stereocenters. The van der Waals surface area contributed by atoms with Crippen molar-refractivity contribution in [3.8, 4) is 0 Å². The lowest BCUT2D eigenvalue weighted by molar-refractivity contribution is 0.592. The molecule has 0 N–H and O–H groups in total. The molecule has 0 bridgehead atoms. The number of benzene rings is 5. The Kier molecular flexibility index (Phi) is 3.75. The molecule has 0 saturated carbocycles. The lowest BCUT2D eigenvalue weighted by Crippen LogP contribution is -2.10. The van der Waals surface area contributed by atoms with Gasteiger partial charge >= 0.3 is 0 Å². The van der Waals surface area contributed by atoms with Gasteiger partial charge in [-0.05, 0) is 95.3 Å². The minimum Gasteiger partial charge on any atom is -0.308 e. The molecule has 1 nitrogen and oxygen atoms in total. The molecule has 0 saturated heterocycles. The summed E-state index contributed by atoms with van der Waals surface area (Å²) >= 11 is 1.91. The number of thiophene rings is 1. The van der Waals surface area contributed by atoms with E-state index in [-0.39, 0.29) is 5.41 Å². The Morgan fingerprint density at radius 3 is 1.94 bits per heavy atom. The fourth-order valence-electron chi connectivity index (χ4n) is 6.21. The molecule has 3 heterocycles. The summed E-state index contributed by atoms with van der Waals surface area (Å²) < 4.78 is 5.26. The molecule has 0 radical (unpaired) electrons. The summed E-state index contributed by atoms with van der Waals surface area (Å²) in [5.41, 5.74) is 8.09. The van der Waals surface area contributed by atoms with E-state index in [9.17, 15) is 0 Å². The fourth-order valence-corrected chi connectivity index (χ4v) is 7.45. The van der Waals surface area contributed by atoms with E-state index >= 15 is 0 Å². The molecule has 0 fully saturated rings. The maximum absolute atomic E-state index is 2.52. The Morgan fingerprint density at radius 2 is 1.17 bits per heavy atom. The summed E-state index contributed by atoms with van der Waals surface area (Å²) in [7, 11) is 0. The van der Waals surface area contributed by atoms with Crippen molar-refractivity contribution in [2.24, 2.45) is 0 Å². The Morgan fingerprint density at radius 1 is 0.556 bits per heavy atom. The summed E-state index contributed by atoms with van der Waals surface area (Å²) in [6, 6.07) is 28.3. The zero-order valence-corrected chi connectivity index (χ0v) is 22.1. The Hall–Kier alpha value is -3.62. The third-order valence-corrected chi connectivity index (χ3v) is 9.23. The van der Waals surface area contributed by atoms with E-state index in [1.807, 2.05) is 11.3 Å². The molecular weight excluding hydrogens is 454 g/mol. The molecule has 5 aromatic carbocycles. The molecular formula is C34H27NS. The number of rotatable bonds is 0. The standard InChI is InChI=1S/C34H27NS/c1-18-6-8-23-27-16-22(34(3,4)5)17-28-25-12-20-13-26-24-9-7-19(2)11-31(24)36-32(26)15-21(20)14-30(25)35(33(27)28)29(23)10-18/h6-17H,1-5H3. The quantitative estimate of drug-likeness (QED) is 0.203. The molecule has 8 aromatic rings. The van der Waals surface area contributed by atoms with Crippen LogP contribution in [0, 0.1) is 13.8 Å². The van der Waals surface area contributed by atoms with Crippen LogP contribution in [0.15, 0.2) is 72.8 Å². The van der Waals surface area contributed by atoms with Crippen LogP contribution in [0.4, 0.5) is 0 Å². The smallest absolute Gasteiger partial charge is 0.0620 e. The van der Waals surface area contributed by atoms with Gasteiger partial charge < -0.3 is 4.40 Å². The van der Waals surface area contributed by atoms with Crippen molar-refractivity contribution in [2.75, 3.05) is 0 Å². The van der Waals surface area contributed by atoms with E-state index in [0.29, 0.717) is 0 Å². The first-order valence-corrected chi connectivity index (χ1v) is 13.6. The van der Waals surface area contributed by atoms with Gasteiger partial charge in [-0.15, -0.1) is 11.3 Å². The van der Waals surface area contributed by atoms with Crippen molar-refractivity contribution in [3.63, 3.8) is 0 Å². The van der Waals surface area contributed by atoms with E-state index in [4.69, 9.17) is 0 Å². The number of hydrogen-bond acceptors (Lipinski definition) is 1. The SMILES string of the molecule is Cc1ccc2c(c1)sc1cc3cc4c(cc3cc12)c1cc(C(C)(C)C)cc2c3ccc(C)cc3n4c21. The highest BCUT2D eigenvalue weighted by atomic mass is 32.1. The maximum Gasteiger partial charge on any atom is 0.0620 e. The van der Waals surface area contributed by atoms with Crippen LogP contribution >= 0.6 is 11.3 Å². The number of fused-ring (bicyclic) bond motifs is 10. The van der Waals surface area contributed by atoms with E-state index < -0.39 is 0 Å². The predicted molar refractivity (Wildman–Crippen MR) is 160 cm³/mol. The number of aryl methyl sites for hydroxylation is 2. The minimum absolute atomic E-state index is 0.0866. The van der Waals surface area contributed by atoms with Gasteiger partial charge in [0.1, 0.15) is 0 Å². The highest BCUT2D eigenvalue weighted by Crippen LogP contribution is 2.44. The molecule has 0 unspecified atom stereocenters. The van der Waals surface area contributed by atoms with Crippen LogP contribution in [-0.2, 0) is 5.41 Å². The van der Waals surface area contributed by atoms with Gasteiger partial charge in [0.05, 0.1) is 16.6 Å². The van der Waals surface area contributed by atoms with Gasteiger partial charge in [0, 0.05) is 41.7 Å².